The van der Waals surface area contributed by atoms with Gasteiger partial charge in [-0.25, -0.2) is 9.36 Å². The highest BCUT2D eigenvalue weighted by Gasteiger charge is 2.30. The molecule has 0 aliphatic carbocycles. The van der Waals surface area contributed by atoms with E-state index in [4.69, 9.17) is 16.3 Å². The maximum absolute atomic E-state index is 13.0. The minimum Gasteiger partial charge on any atom is -0.366 e. The van der Waals surface area contributed by atoms with E-state index in [1.54, 1.807) is 39.6 Å². The maximum atomic E-state index is 13.0. The van der Waals surface area contributed by atoms with Gasteiger partial charge in [-0.2, -0.15) is 5.10 Å². The van der Waals surface area contributed by atoms with Crippen molar-refractivity contribution in [1.29, 1.82) is 0 Å². The number of amides is 1. The summed E-state index contributed by atoms with van der Waals surface area (Å²) >= 11 is 6.29. The van der Waals surface area contributed by atoms with E-state index in [9.17, 15) is 4.79 Å². The third-order valence-electron chi connectivity index (χ3n) is 4.24. The van der Waals surface area contributed by atoms with Crippen LogP contribution in [0.5, 0.6) is 0 Å². The molecule has 2 aromatic heterocycles. The van der Waals surface area contributed by atoms with Crippen LogP contribution in [0.15, 0.2) is 36.7 Å². The number of benzene rings is 1. The van der Waals surface area contributed by atoms with E-state index >= 15 is 0 Å². The van der Waals surface area contributed by atoms with E-state index in [0.717, 1.165) is 5.69 Å². The first-order valence-corrected chi connectivity index (χ1v) is 8.44. The van der Waals surface area contributed by atoms with Crippen LogP contribution in [0.4, 0.5) is 0 Å². The number of hydrogen-bond donors (Lipinski definition) is 0. The monoisotopic (exact) mass is 373 g/mol. The third kappa shape index (κ3) is 3.06. The molecule has 26 heavy (non-hydrogen) atoms. The number of nitrogens with zero attached hydrogens (tertiary/aromatic N) is 7. The van der Waals surface area contributed by atoms with Gasteiger partial charge in [0.15, 0.2) is 5.82 Å². The standard InChI is InChI=1S/C16H16ClN7O2/c1-22-15(19-20-21-22)14-10-23(7-8-26-14)16(25)12-9-11(3-4-13(12)17)24-6-2-5-18-24/h2-6,9,14H,7-8,10H2,1H3. The number of morpholine rings is 1. The molecule has 1 saturated heterocycles. The van der Waals surface area contributed by atoms with Crippen molar-refractivity contribution in [3.05, 3.63) is 53.1 Å². The largest absolute Gasteiger partial charge is 0.366 e. The SMILES string of the molecule is Cn1nnnc1C1CN(C(=O)c2cc(-n3cccn3)ccc2Cl)CCO1. The van der Waals surface area contributed by atoms with Crippen molar-refractivity contribution in [1.82, 2.24) is 34.9 Å². The summed E-state index contributed by atoms with van der Waals surface area (Å²) < 4.78 is 8.95. The molecule has 0 radical (unpaired) electrons. The molecule has 1 atom stereocenters. The van der Waals surface area contributed by atoms with Crippen molar-refractivity contribution in [2.45, 2.75) is 6.10 Å². The molecule has 0 saturated carbocycles. The molecule has 134 valence electrons. The molecule has 0 N–H and O–H groups in total. The fourth-order valence-corrected chi connectivity index (χ4v) is 3.11. The quantitative estimate of drug-likeness (QED) is 0.686. The van der Waals surface area contributed by atoms with Crippen LogP contribution in [0.1, 0.15) is 22.3 Å². The Hall–Kier alpha value is -2.78. The number of ether oxygens (including phenoxy) is 1. The van der Waals surface area contributed by atoms with Gasteiger partial charge in [-0.3, -0.25) is 4.79 Å². The molecular formula is C16H16ClN7O2. The van der Waals surface area contributed by atoms with Crippen LogP contribution in [0, 0.1) is 0 Å². The molecule has 4 rings (SSSR count). The Morgan fingerprint density at radius 1 is 1.38 bits per heavy atom. The number of rotatable bonds is 3. The van der Waals surface area contributed by atoms with Crippen LogP contribution in [-0.4, -0.2) is 60.5 Å². The van der Waals surface area contributed by atoms with Crippen molar-refractivity contribution >= 4 is 17.5 Å². The Kier molecular flexibility index (Phi) is 4.39. The molecule has 9 nitrogen and oxygen atoms in total. The number of carbonyl (C=O) groups is 1. The van der Waals surface area contributed by atoms with Gasteiger partial charge in [0.1, 0.15) is 6.10 Å². The highest BCUT2D eigenvalue weighted by molar-refractivity contribution is 6.33. The molecule has 1 amide bonds. The van der Waals surface area contributed by atoms with Crippen molar-refractivity contribution in [3.63, 3.8) is 0 Å². The summed E-state index contributed by atoms with van der Waals surface area (Å²) in [6, 6.07) is 7.08. The van der Waals surface area contributed by atoms with Crippen LogP contribution in [-0.2, 0) is 11.8 Å². The van der Waals surface area contributed by atoms with Gasteiger partial charge in [-0.15, -0.1) is 5.10 Å². The molecule has 1 unspecified atom stereocenters. The van der Waals surface area contributed by atoms with E-state index in [2.05, 4.69) is 20.6 Å². The Bertz CT molecular complexity index is 925. The highest BCUT2D eigenvalue weighted by atomic mass is 35.5. The highest BCUT2D eigenvalue weighted by Crippen LogP contribution is 2.25. The first-order chi connectivity index (χ1) is 12.6. The van der Waals surface area contributed by atoms with Crippen molar-refractivity contribution in [2.75, 3.05) is 19.7 Å². The fraction of sp³-hybridized carbons (Fsp3) is 0.312. The molecule has 0 spiro atoms. The number of aryl methyl sites for hydroxylation is 1. The van der Waals surface area contributed by atoms with Gasteiger partial charge in [0.2, 0.25) is 0 Å². The lowest BCUT2D eigenvalue weighted by Crippen LogP contribution is -2.43. The summed E-state index contributed by atoms with van der Waals surface area (Å²) in [4.78, 5) is 14.7. The third-order valence-corrected chi connectivity index (χ3v) is 4.57. The number of hydrogen-bond acceptors (Lipinski definition) is 6. The maximum Gasteiger partial charge on any atom is 0.255 e. The lowest BCUT2D eigenvalue weighted by atomic mass is 10.1. The normalized spacial score (nSPS) is 17.5. The van der Waals surface area contributed by atoms with Gasteiger partial charge in [-0.1, -0.05) is 11.6 Å². The average Bonchev–Trinajstić information content (AvgIpc) is 3.33. The molecule has 1 aliphatic rings. The smallest absolute Gasteiger partial charge is 0.255 e. The fourth-order valence-electron chi connectivity index (χ4n) is 2.91. The average molecular weight is 374 g/mol. The minimum absolute atomic E-state index is 0.160. The van der Waals surface area contributed by atoms with E-state index in [0.29, 0.717) is 36.1 Å². The molecule has 3 heterocycles. The van der Waals surface area contributed by atoms with Gasteiger partial charge in [-0.05, 0) is 34.7 Å². The van der Waals surface area contributed by atoms with Crippen molar-refractivity contribution in [3.8, 4) is 5.69 Å². The van der Waals surface area contributed by atoms with Crippen LogP contribution in [0.25, 0.3) is 5.69 Å². The second-order valence-corrected chi connectivity index (χ2v) is 6.29. The van der Waals surface area contributed by atoms with E-state index in [1.807, 2.05) is 18.3 Å². The lowest BCUT2D eigenvalue weighted by Gasteiger charge is -2.32. The Morgan fingerprint density at radius 2 is 2.27 bits per heavy atom. The van der Waals surface area contributed by atoms with Gasteiger partial charge in [0.25, 0.3) is 5.91 Å². The summed E-state index contributed by atoms with van der Waals surface area (Å²) in [6.07, 6.45) is 3.11. The predicted molar refractivity (Wildman–Crippen MR) is 92.0 cm³/mol. The Balaban J connectivity index is 1.59. The molecule has 1 aromatic carbocycles. The zero-order chi connectivity index (χ0) is 18.1. The summed E-state index contributed by atoms with van der Waals surface area (Å²) in [5.41, 5.74) is 1.20. The molecular weight excluding hydrogens is 358 g/mol. The van der Waals surface area contributed by atoms with Crippen molar-refractivity contribution in [2.24, 2.45) is 7.05 Å². The molecule has 0 bridgehead atoms. The van der Waals surface area contributed by atoms with Crippen molar-refractivity contribution < 1.29 is 9.53 Å². The van der Waals surface area contributed by atoms with E-state index in [-0.39, 0.29) is 12.0 Å². The molecule has 1 aliphatic heterocycles. The number of carbonyl (C=O) groups excluding carboxylic acids is 1. The topological polar surface area (TPSA) is 91.0 Å². The Morgan fingerprint density at radius 3 is 3.00 bits per heavy atom. The minimum atomic E-state index is -0.374. The zero-order valence-electron chi connectivity index (χ0n) is 14.0. The summed E-state index contributed by atoms with van der Waals surface area (Å²) in [5.74, 6) is 0.423. The summed E-state index contributed by atoms with van der Waals surface area (Å²) in [5, 5.41) is 16.0. The van der Waals surface area contributed by atoms with Crippen LogP contribution < -0.4 is 0 Å². The summed E-state index contributed by atoms with van der Waals surface area (Å²) in [7, 11) is 1.74. The second kappa shape index (κ2) is 6.85. The molecule has 3 aromatic rings. The van der Waals surface area contributed by atoms with Crippen LogP contribution >= 0.6 is 11.6 Å². The summed E-state index contributed by atoms with van der Waals surface area (Å²) in [6.45, 7) is 1.23. The van der Waals surface area contributed by atoms with Gasteiger partial charge in [0, 0.05) is 26.0 Å². The molecule has 1 fully saturated rings. The van der Waals surface area contributed by atoms with Gasteiger partial charge >= 0.3 is 0 Å². The van der Waals surface area contributed by atoms with E-state index < -0.39 is 0 Å². The van der Waals surface area contributed by atoms with Crippen LogP contribution in [0.3, 0.4) is 0 Å². The first-order valence-electron chi connectivity index (χ1n) is 8.06. The zero-order valence-corrected chi connectivity index (χ0v) is 14.7. The number of tetrazole rings is 1. The number of halogens is 1. The molecule has 10 heteroatoms. The Labute approximate surface area is 154 Å². The van der Waals surface area contributed by atoms with E-state index in [1.165, 1.54) is 0 Å². The first kappa shape index (κ1) is 16.7. The van der Waals surface area contributed by atoms with Gasteiger partial charge < -0.3 is 9.64 Å². The lowest BCUT2D eigenvalue weighted by molar-refractivity contribution is -0.0284. The second-order valence-electron chi connectivity index (χ2n) is 5.89. The van der Waals surface area contributed by atoms with Crippen LogP contribution in [0.2, 0.25) is 5.02 Å². The number of aromatic nitrogens is 6. The van der Waals surface area contributed by atoms with Gasteiger partial charge in [0.05, 0.1) is 29.4 Å². The predicted octanol–water partition coefficient (Wildman–Crippen LogP) is 1.26.